The summed E-state index contributed by atoms with van der Waals surface area (Å²) in [5.74, 6) is -0.991. The Morgan fingerprint density at radius 1 is 1.32 bits per heavy atom. The van der Waals surface area contributed by atoms with E-state index in [9.17, 15) is 4.79 Å². The molecule has 0 bridgehead atoms. The van der Waals surface area contributed by atoms with Gasteiger partial charge >= 0.3 is 5.97 Å². The van der Waals surface area contributed by atoms with Gasteiger partial charge in [-0.2, -0.15) is 0 Å². The number of aliphatic carboxylic acids is 1. The summed E-state index contributed by atoms with van der Waals surface area (Å²) in [6.45, 7) is 2.04. The summed E-state index contributed by atoms with van der Waals surface area (Å²) in [6.07, 6.45) is 0. The Hall–Kier alpha value is -1.63. The Morgan fingerprint density at radius 3 is 2.73 bits per heavy atom. The number of thiophene rings is 1. The smallest absolute Gasteiger partial charge is 0.313 e. The van der Waals surface area contributed by atoms with Gasteiger partial charge in [0.25, 0.3) is 0 Å². The van der Waals surface area contributed by atoms with Gasteiger partial charge in [0.15, 0.2) is 5.16 Å². The van der Waals surface area contributed by atoms with Crippen molar-refractivity contribution in [2.75, 3.05) is 5.75 Å². The van der Waals surface area contributed by atoms with Crippen molar-refractivity contribution in [3.05, 3.63) is 40.4 Å². The Morgan fingerprint density at radius 2 is 2.05 bits per heavy atom. The van der Waals surface area contributed by atoms with Crippen molar-refractivity contribution in [3.8, 4) is 11.1 Å². The lowest BCUT2D eigenvalue weighted by atomic mass is 10.1. The maximum absolute atomic E-state index is 10.6. The van der Waals surface area contributed by atoms with Gasteiger partial charge in [-0.15, -0.1) is 11.3 Å². The first-order valence-electron chi connectivity index (χ1n) is 6.41. The lowest BCUT2D eigenvalue weighted by Crippen LogP contribution is -1.99. The minimum absolute atomic E-state index is 0.0853. The van der Waals surface area contributed by atoms with Crippen molar-refractivity contribution < 1.29 is 9.90 Å². The molecule has 2 aromatic heterocycles. The summed E-state index contributed by atoms with van der Waals surface area (Å²) in [7, 11) is 0. The molecule has 3 aromatic rings. The molecule has 1 aromatic carbocycles. The number of hydrogen-bond acceptors (Lipinski definition) is 5. The number of aromatic nitrogens is 2. The number of thioether (sulfide) groups is 1. The molecule has 2 heterocycles. The van der Waals surface area contributed by atoms with Crippen molar-refractivity contribution in [1.29, 1.82) is 0 Å². The number of halogens is 1. The van der Waals surface area contributed by atoms with Crippen LogP contribution in [0.1, 0.15) is 5.56 Å². The van der Waals surface area contributed by atoms with Crippen LogP contribution >= 0.6 is 34.7 Å². The van der Waals surface area contributed by atoms with Crippen LogP contribution in [0.25, 0.3) is 21.3 Å². The second-order valence-electron chi connectivity index (χ2n) is 4.67. The van der Waals surface area contributed by atoms with E-state index in [4.69, 9.17) is 16.7 Å². The molecule has 0 aliphatic rings. The predicted octanol–water partition coefficient (Wildman–Crippen LogP) is 4.50. The summed E-state index contributed by atoms with van der Waals surface area (Å²) in [5.41, 5.74) is 3.26. The van der Waals surface area contributed by atoms with Crippen LogP contribution in [0, 0.1) is 6.92 Å². The molecule has 22 heavy (non-hydrogen) atoms. The highest BCUT2D eigenvalue weighted by molar-refractivity contribution is 7.99. The van der Waals surface area contributed by atoms with E-state index in [0.717, 1.165) is 33.1 Å². The molecule has 0 radical (unpaired) electrons. The fourth-order valence-corrected chi connectivity index (χ4v) is 3.96. The van der Waals surface area contributed by atoms with Crippen LogP contribution in [0.5, 0.6) is 0 Å². The molecule has 0 aliphatic heterocycles. The standard InChI is InChI=1S/C15H11ClN2O2S2/c1-8-2-4-9(5-3-8)10-6-21-14-12(10)13(16)17-15(18-14)22-7-11(19)20/h2-6H,7H2,1H3,(H,19,20). The summed E-state index contributed by atoms with van der Waals surface area (Å²) in [4.78, 5) is 20.0. The highest BCUT2D eigenvalue weighted by atomic mass is 35.5. The Bertz CT molecular complexity index is 847. The molecule has 0 saturated heterocycles. The van der Waals surface area contributed by atoms with Gasteiger partial charge in [0.2, 0.25) is 0 Å². The van der Waals surface area contributed by atoms with Gasteiger partial charge in [-0.25, -0.2) is 9.97 Å². The largest absolute Gasteiger partial charge is 0.481 e. The number of nitrogens with zero attached hydrogens (tertiary/aromatic N) is 2. The second-order valence-corrected chi connectivity index (χ2v) is 6.83. The highest BCUT2D eigenvalue weighted by Gasteiger charge is 2.15. The molecule has 0 aliphatic carbocycles. The molecule has 0 fully saturated rings. The molecule has 0 atom stereocenters. The van der Waals surface area contributed by atoms with Gasteiger partial charge in [-0.3, -0.25) is 4.79 Å². The summed E-state index contributed by atoms with van der Waals surface area (Å²) < 4.78 is 0. The first-order chi connectivity index (χ1) is 10.5. The van der Waals surface area contributed by atoms with E-state index < -0.39 is 5.97 Å². The van der Waals surface area contributed by atoms with Gasteiger partial charge in [-0.05, 0) is 12.5 Å². The average molecular weight is 351 g/mol. The van der Waals surface area contributed by atoms with Gasteiger partial charge in [0.1, 0.15) is 9.98 Å². The van der Waals surface area contributed by atoms with Crippen molar-refractivity contribution in [3.63, 3.8) is 0 Å². The number of rotatable bonds is 4. The predicted molar refractivity (Wildman–Crippen MR) is 91.0 cm³/mol. The number of carbonyl (C=O) groups is 1. The fraction of sp³-hybridized carbons (Fsp3) is 0.133. The van der Waals surface area contributed by atoms with Gasteiger partial charge in [-0.1, -0.05) is 53.2 Å². The minimum Gasteiger partial charge on any atom is -0.481 e. The monoisotopic (exact) mass is 350 g/mol. The first-order valence-corrected chi connectivity index (χ1v) is 8.65. The SMILES string of the molecule is Cc1ccc(-c2csc3nc(SCC(=O)O)nc(Cl)c23)cc1. The topological polar surface area (TPSA) is 63.1 Å². The average Bonchev–Trinajstić information content (AvgIpc) is 2.90. The van der Waals surface area contributed by atoms with E-state index >= 15 is 0 Å². The van der Waals surface area contributed by atoms with Crippen LogP contribution in [0.4, 0.5) is 0 Å². The number of carboxylic acids is 1. The van der Waals surface area contributed by atoms with Gasteiger partial charge in [0, 0.05) is 10.9 Å². The third kappa shape index (κ3) is 3.09. The summed E-state index contributed by atoms with van der Waals surface area (Å²) in [5, 5.41) is 12.3. The van der Waals surface area contributed by atoms with Crippen molar-refractivity contribution in [2.24, 2.45) is 0 Å². The zero-order valence-corrected chi connectivity index (χ0v) is 13.9. The number of hydrogen-bond donors (Lipinski definition) is 1. The van der Waals surface area contributed by atoms with Crippen molar-refractivity contribution >= 4 is 50.9 Å². The summed E-state index contributed by atoms with van der Waals surface area (Å²) in [6, 6.07) is 8.18. The maximum atomic E-state index is 10.6. The van der Waals surface area contributed by atoms with Gasteiger partial charge < -0.3 is 5.11 Å². The lowest BCUT2D eigenvalue weighted by Gasteiger charge is -2.03. The third-order valence-corrected chi connectivity index (χ3v) is 5.03. The minimum atomic E-state index is -0.906. The van der Waals surface area contributed by atoms with Crippen LogP contribution < -0.4 is 0 Å². The maximum Gasteiger partial charge on any atom is 0.313 e. The molecule has 1 N–H and O–H groups in total. The van der Waals surface area contributed by atoms with E-state index in [0.29, 0.717) is 10.3 Å². The Kier molecular flexibility index (Phi) is 4.33. The van der Waals surface area contributed by atoms with E-state index in [1.54, 1.807) is 0 Å². The zero-order chi connectivity index (χ0) is 15.7. The van der Waals surface area contributed by atoms with Crippen LogP contribution in [0.2, 0.25) is 5.15 Å². The van der Waals surface area contributed by atoms with Crippen LogP contribution in [-0.4, -0.2) is 26.8 Å². The van der Waals surface area contributed by atoms with E-state index in [1.807, 2.05) is 36.6 Å². The zero-order valence-electron chi connectivity index (χ0n) is 11.5. The van der Waals surface area contributed by atoms with Crippen LogP contribution in [0.3, 0.4) is 0 Å². The molecule has 0 unspecified atom stereocenters. The number of benzene rings is 1. The molecule has 7 heteroatoms. The van der Waals surface area contributed by atoms with E-state index in [1.165, 1.54) is 16.9 Å². The molecular weight excluding hydrogens is 340 g/mol. The fourth-order valence-electron chi connectivity index (χ4n) is 2.02. The van der Waals surface area contributed by atoms with Crippen LogP contribution in [0.15, 0.2) is 34.8 Å². The molecule has 4 nitrogen and oxygen atoms in total. The number of carboxylic acid groups (broad SMARTS) is 1. The normalized spacial score (nSPS) is 11.0. The number of aryl methyl sites for hydroxylation is 1. The molecule has 0 amide bonds. The van der Waals surface area contributed by atoms with E-state index in [2.05, 4.69) is 9.97 Å². The van der Waals surface area contributed by atoms with Crippen molar-refractivity contribution in [2.45, 2.75) is 12.1 Å². The van der Waals surface area contributed by atoms with Crippen molar-refractivity contribution in [1.82, 2.24) is 9.97 Å². The first kappa shape index (κ1) is 15.3. The second kappa shape index (κ2) is 6.24. The molecule has 0 spiro atoms. The molecular formula is C15H11ClN2O2S2. The molecule has 3 rings (SSSR count). The Labute approximate surface area is 140 Å². The lowest BCUT2D eigenvalue weighted by molar-refractivity contribution is -0.133. The highest BCUT2D eigenvalue weighted by Crippen LogP contribution is 2.37. The molecule has 0 saturated carbocycles. The number of fused-ring (bicyclic) bond motifs is 1. The van der Waals surface area contributed by atoms with E-state index in [-0.39, 0.29) is 5.75 Å². The third-order valence-electron chi connectivity index (χ3n) is 3.06. The summed E-state index contributed by atoms with van der Waals surface area (Å²) >= 11 is 8.84. The molecule has 112 valence electrons. The van der Waals surface area contributed by atoms with Crippen LogP contribution in [-0.2, 0) is 4.79 Å². The quantitative estimate of drug-likeness (QED) is 0.426. The van der Waals surface area contributed by atoms with Gasteiger partial charge in [0.05, 0.1) is 11.1 Å². The Balaban J connectivity index is 2.04.